The number of thioether (sulfide) groups is 1. The van der Waals surface area contributed by atoms with Crippen molar-refractivity contribution >= 4 is 44.9 Å². The third kappa shape index (κ3) is 5.46. The van der Waals surface area contributed by atoms with E-state index in [-0.39, 0.29) is 17.6 Å². The Kier molecular flexibility index (Phi) is 7.15. The van der Waals surface area contributed by atoms with Gasteiger partial charge in [-0.25, -0.2) is 4.39 Å². The Morgan fingerprint density at radius 1 is 1.03 bits per heavy atom. The molecule has 2 amide bonds. The van der Waals surface area contributed by atoms with Gasteiger partial charge in [-0.05, 0) is 74.7 Å². The van der Waals surface area contributed by atoms with Crippen molar-refractivity contribution in [2.75, 3.05) is 7.11 Å². The molecule has 1 aliphatic heterocycles. The maximum absolute atomic E-state index is 13.1. The van der Waals surface area contributed by atoms with Crippen LogP contribution in [-0.2, 0) is 17.9 Å². The van der Waals surface area contributed by atoms with E-state index in [0.717, 1.165) is 22.2 Å². The van der Waals surface area contributed by atoms with Crippen LogP contribution in [0, 0.1) is 5.82 Å². The highest BCUT2D eigenvalue weighted by Crippen LogP contribution is 2.39. The Bertz CT molecular complexity index is 1220. The molecule has 1 aliphatic rings. The number of amides is 2. The van der Waals surface area contributed by atoms with Crippen molar-refractivity contribution < 1.29 is 23.5 Å². The molecular formula is C25H19BrFNO4S. The van der Waals surface area contributed by atoms with Crippen molar-refractivity contribution in [3.05, 3.63) is 98.6 Å². The maximum atomic E-state index is 13.1. The number of rotatable bonds is 7. The SMILES string of the molecule is COc1cc(/C=C2\SC(=O)N(Cc3ccc(F)cc3)C2=O)cc(Br)c1OCc1ccccc1. The molecule has 0 bridgehead atoms. The Morgan fingerprint density at radius 3 is 2.45 bits per heavy atom. The van der Waals surface area contributed by atoms with Crippen molar-refractivity contribution in [2.24, 2.45) is 0 Å². The lowest BCUT2D eigenvalue weighted by Gasteiger charge is -2.14. The van der Waals surface area contributed by atoms with Crippen LogP contribution in [0.4, 0.5) is 9.18 Å². The van der Waals surface area contributed by atoms with E-state index >= 15 is 0 Å². The largest absolute Gasteiger partial charge is 0.493 e. The minimum absolute atomic E-state index is 0.0849. The molecular weight excluding hydrogens is 509 g/mol. The van der Waals surface area contributed by atoms with E-state index in [0.29, 0.717) is 38.6 Å². The Morgan fingerprint density at radius 2 is 1.76 bits per heavy atom. The molecule has 5 nitrogen and oxygen atoms in total. The topological polar surface area (TPSA) is 55.8 Å². The number of halogens is 2. The smallest absolute Gasteiger partial charge is 0.293 e. The lowest BCUT2D eigenvalue weighted by atomic mass is 10.1. The number of imide groups is 1. The molecule has 0 aliphatic carbocycles. The fraction of sp³-hybridized carbons (Fsp3) is 0.120. The number of methoxy groups -OCH3 is 1. The molecule has 0 spiro atoms. The average molecular weight is 528 g/mol. The van der Waals surface area contributed by atoms with Crippen LogP contribution >= 0.6 is 27.7 Å². The molecule has 0 unspecified atom stereocenters. The zero-order valence-electron chi connectivity index (χ0n) is 17.6. The standard InChI is InChI=1S/C25H19BrFNO4S/c1-31-21-12-18(11-20(26)23(21)32-15-17-5-3-2-4-6-17)13-22-24(29)28(25(30)33-22)14-16-7-9-19(27)10-8-16/h2-13H,14-15H2,1H3/b22-13-. The van der Waals surface area contributed by atoms with Gasteiger partial charge in [0.15, 0.2) is 11.5 Å². The van der Waals surface area contributed by atoms with E-state index in [2.05, 4.69) is 15.9 Å². The molecule has 0 atom stereocenters. The Labute approximate surface area is 203 Å². The summed E-state index contributed by atoms with van der Waals surface area (Å²) in [4.78, 5) is 26.7. The highest BCUT2D eigenvalue weighted by atomic mass is 79.9. The van der Waals surface area contributed by atoms with Crippen molar-refractivity contribution in [3.63, 3.8) is 0 Å². The van der Waals surface area contributed by atoms with E-state index < -0.39 is 5.91 Å². The van der Waals surface area contributed by atoms with Crippen LogP contribution in [0.2, 0.25) is 0 Å². The van der Waals surface area contributed by atoms with Gasteiger partial charge < -0.3 is 9.47 Å². The van der Waals surface area contributed by atoms with Gasteiger partial charge in [-0.2, -0.15) is 0 Å². The molecule has 0 saturated carbocycles. The minimum atomic E-state index is -0.395. The van der Waals surface area contributed by atoms with Gasteiger partial charge in [0.25, 0.3) is 11.1 Å². The third-order valence-electron chi connectivity index (χ3n) is 4.90. The molecule has 3 aromatic carbocycles. The van der Waals surface area contributed by atoms with Crippen molar-refractivity contribution in [1.29, 1.82) is 0 Å². The first-order chi connectivity index (χ1) is 15.9. The van der Waals surface area contributed by atoms with Gasteiger partial charge in [0.1, 0.15) is 12.4 Å². The second-order valence-electron chi connectivity index (χ2n) is 7.20. The van der Waals surface area contributed by atoms with Gasteiger partial charge in [0, 0.05) is 0 Å². The molecule has 168 valence electrons. The summed E-state index contributed by atoms with van der Waals surface area (Å²) in [5.74, 6) is 0.275. The molecule has 0 aromatic heterocycles. The normalized spacial score (nSPS) is 14.8. The van der Waals surface area contributed by atoms with Gasteiger partial charge in [0.2, 0.25) is 0 Å². The first kappa shape index (κ1) is 23.1. The van der Waals surface area contributed by atoms with Crippen LogP contribution in [0.3, 0.4) is 0 Å². The highest BCUT2D eigenvalue weighted by molar-refractivity contribution is 9.10. The van der Waals surface area contributed by atoms with Crippen LogP contribution in [0.25, 0.3) is 6.08 Å². The van der Waals surface area contributed by atoms with E-state index in [1.807, 2.05) is 30.3 Å². The van der Waals surface area contributed by atoms with E-state index in [4.69, 9.17) is 9.47 Å². The number of benzene rings is 3. The number of nitrogens with zero attached hydrogens (tertiary/aromatic N) is 1. The van der Waals surface area contributed by atoms with Crippen molar-refractivity contribution in [3.8, 4) is 11.5 Å². The lowest BCUT2D eigenvalue weighted by molar-refractivity contribution is -0.123. The van der Waals surface area contributed by atoms with Crippen LogP contribution in [-0.4, -0.2) is 23.2 Å². The monoisotopic (exact) mass is 527 g/mol. The summed E-state index contributed by atoms with van der Waals surface area (Å²) in [5.41, 5.74) is 2.37. The summed E-state index contributed by atoms with van der Waals surface area (Å²) >= 11 is 4.38. The zero-order chi connectivity index (χ0) is 23.4. The molecule has 0 N–H and O–H groups in total. The van der Waals surface area contributed by atoms with Crippen LogP contribution in [0.15, 0.2) is 76.1 Å². The number of ether oxygens (including phenoxy) is 2. The fourth-order valence-corrected chi connectivity index (χ4v) is 4.67. The van der Waals surface area contributed by atoms with Crippen LogP contribution in [0.5, 0.6) is 11.5 Å². The number of hydrogen-bond donors (Lipinski definition) is 0. The van der Waals surface area contributed by atoms with Crippen molar-refractivity contribution in [1.82, 2.24) is 4.90 Å². The fourth-order valence-electron chi connectivity index (χ4n) is 3.25. The van der Waals surface area contributed by atoms with Gasteiger partial charge in [-0.3, -0.25) is 14.5 Å². The second-order valence-corrected chi connectivity index (χ2v) is 9.05. The Hall–Kier alpha value is -3.10. The Balaban J connectivity index is 1.53. The third-order valence-corrected chi connectivity index (χ3v) is 6.40. The molecule has 1 saturated heterocycles. The molecule has 4 rings (SSSR count). The first-order valence-corrected chi connectivity index (χ1v) is 11.6. The minimum Gasteiger partial charge on any atom is -0.493 e. The number of carbonyl (C=O) groups excluding carboxylic acids is 2. The van der Waals surface area contributed by atoms with E-state index in [1.54, 1.807) is 30.3 Å². The molecule has 1 heterocycles. The van der Waals surface area contributed by atoms with Gasteiger partial charge in [0.05, 0.1) is 23.0 Å². The maximum Gasteiger partial charge on any atom is 0.293 e. The van der Waals surface area contributed by atoms with Crippen LogP contribution < -0.4 is 9.47 Å². The summed E-state index contributed by atoms with van der Waals surface area (Å²) in [6.07, 6.45) is 1.64. The molecule has 33 heavy (non-hydrogen) atoms. The summed E-state index contributed by atoms with van der Waals surface area (Å²) in [7, 11) is 1.54. The van der Waals surface area contributed by atoms with E-state index in [9.17, 15) is 14.0 Å². The lowest BCUT2D eigenvalue weighted by Crippen LogP contribution is -2.27. The van der Waals surface area contributed by atoms with E-state index in [1.165, 1.54) is 19.2 Å². The quantitative estimate of drug-likeness (QED) is 0.332. The highest BCUT2D eigenvalue weighted by Gasteiger charge is 2.35. The summed E-state index contributed by atoms with van der Waals surface area (Å²) in [6, 6.07) is 19.0. The van der Waals surface area contributed by atoms with Gasteiger partial charge in [-0.15, -0.1) is 0 Å². The molecule has 0 radical (unpaired) electrons. The zero-order valence-corrected chi connectivity index (χ0v) is 20.0. The summed E-state index contributed by atoms with van der Waals surface area (Å²) < 4.78 is 25.2. The average Bonchev–Trinajstić information content (AvgIpc) is 3.07. The second kappa shape index (κ2) is 10.2. The number of carbonyl (C=O) groups is 2. The summed E-state index contributed by atoms with van der Waals surface area (Å²) in [5, 5.41) is -0.371. The predicted molar refractivity (Wildman–Crippen MR) is 129 cm³/mol. The van der Waals surface area contributed by atoms with Crippen LogP contribution in [0.1, 0.15) is 16.7 Å². The molecule has 8 heteroatoms. The van der Waals surface area contributed by atoms with Crippen molar-refractivity contribution in [2.45, 2.75) is 13.2 Å². The molecule has 1 fully saturated rings. The van der Waals surface area contributed by atoms with Gasteiger partial charge in [-0.1, -0.05) is 42.5 Å². The predicted octanol–water partition coefficient (Wildman–Crippen LogP) is 6.41. The summed E-state index contributed by atoms with van der Waals surface area (Å²) in [6.45, 7) is 0.457. The number of hydrogen-bond acceptors (Lipinski definition) is 5. The first-order valence-electron chi connectivity index (χ1n) is 9.98. The molecule has 3 aromatic rings. The van der Waals surface area contributed by atoms with Gasteiger partial charge >= 0.3 is 0 Å².